The molecule has 0 radical (unpaired) electrons. The summed E-state index contributed by atoms with van der Waals surface area (Å²) in [7, 11) is 0. The lowest BCUT2D eigenvalue weighted by molar-refractivity contribution is -0.118. The predicted molar refractivity (Wildman–Crippen MR) is 106 cm³/mol. The van der Waals surface area contributed by atoms with Crippen molar-refractivity contribution in [1.82, 2.24) is 4.98 Å². The number of rotatable bonds is 8. The van der Waals surface area contributed by atoms with Gasteiger partial charge in [-0.25, -0.2) is 0 Å². The molecule has 1 amide bonds. The van der Waals surface area contributed by atoms with Gasteiger partial charge in [-0.15, -0.1) is 0 Å². The summed E-state index contributed by atoms with van der Waals surface area (Å²) in [5, 5.41) is 2.76. The largest absolute Gasteiger partial charge is 0.487 e. The highest BCUT2D eigenvalue weighted by atomic mass is 16.5. The van der Waals surface area contributed by atoms with Gasteiger partial charge in [0.1, 0.15) is 18.1 Å². The maximum atomic E-state index is 12.1. The van der Waals surface area contributed by atoms with Crippen LogP contribution in [0.15, 0.2) is 72.9 Å². The normalized spacial score (nSPS) is 10.2. The molecule has 2 aromatic carbocycles. The number of carbonyl (C=O) groups excluding carboxylic acids is 2. The summed E-state index contributed by atoms with van der Waals surface area (Å²) >= 11 is 0. The Kier molecular flexibility index (Phi) is 6.36. The lowest BCUT2D eigenvalue weighted by Crippen LogP contribution is -2.20. The maximum Gasteiger partial charge on any atom is 0.262 e. The van der Waals surface area contributed by atoms with Crippen LogP contribution in [0.1, 0.15) is 23.0 Å². The fraction of sp³-hybridized carbons (Fsp3) is 0.136. The van der Waals surface area contributed by atoms with Crippen molar-refractivity contribution in [3.05, 3.63) is 84.2 Å². The predicted octanol–water partition coefficient (Wildman–Crippen LogP) is 3.88. The molecular formula is C22H20N2O4. The lowest BCUT2D eigenvalue weighted by Gasteiger charge is -2.10. The van der Waals surface area contributed by atoms with Crippen LogP contribution in [0.4, 0.5) is 5.69 Å². The van der Waals surface area contributed by atoms with Crippen LogP contribution < -0.4 is 14.8 Å². The Balaban J connectivity index is 1.52. The van der Waals surface area contributed by atoms with E-state index < -0.39 is 0 Å². The van der Waals surface area contributed by atoms with Crippen LogP contribution in [-0.2, 0) is 11.4 Å². The second-order valence-corrected chi connectivity index (χ2v) is 6.06. The summed E-state index contributed by atoms with van der Waals surface area (Å²) in [4.78, 5) is 27.7. The number of anilines is 1. The van der Waals surface area contributed by atoms with Crippen molar-refractivity contribution in [3.63, 3.8) is 0 Å². The highest BCUT2D eigenvalue weighted by molar-refractivity contribution is 5.94. The number of Topliss-reactive ketones (excluding diaryl/α,β-unsaturated/α-hetero) is 1. The Labute approximate surface area is 163 Å². The molecule has 142 valence electrons. The number of ketones is 1. The maximum absolute atomic E-state index is 12.1. The Bertz CT molecular complexity index is 958. The average molecular weight is 376 g/mol. The molecule has 0 aliphatic carbocycles. The Morgan fingerprint density at radius 3 is 2.46 bits per heavy atom. The second-order valence-electron chi connectivity index (χ2n) is 6.06. The van der Waals surface area contributed by atoms with Crippen molar-refractivity contribution in [1.29, 1.82) is 0 Å². The van der Waals surface area contributed by atoms with Gasteiger partial charge in [0.2, 0.25) is 0 Å². The molecule has 6 heteroatoms. The van der Waals surface area contributed by atoms with Crippen LogP contribution in [0.5, 0.6) is 11.5 Å². The average Bonchev–Trinajstić information content (AvgIpc) is 2.72. The first-order valence-corrected chi connectivity index (χ1v) is 8.76. The minimum absolute atomic E-state index is 0.0579. The number of amides is 1. The van der Waals surface area contributed by atoms with Crippen molar-refractivity contribution in [2.75, 3.05) is 11.9 Å². The highest BCUT2D eigenvalue weighted by Gasteiger charge is 2.07. The number of carbonyl (C=O) groups is 2. The van der Waals surface area contributed by atoms with Crippen LogP contribution >= 0.6 is 0 Å². The molecule has 0 bridgehead atoms. The zero-order valence-corrected chi connectivity index (χ0v) is 15.4. The van der Waals surface area contributed by atoms with Crippen molar-refractivity contribution in [2.45, 2.75) is 13.5 Å². The Morgan fingerprint density at radius 1 is 0.929 bits per heavy atom. The highest BCUT2D eigenvalue weighted by Crippen LogP contribution is 2.19. The minimum atomic E-state index is -0.310. The number of pyridine rings is 1. The fourth-order valence-electron chi connectivity index (χ4n) is 2.46. The van der Waals surface area contributed by atoms with E-state index in [1.54, 1.807) is 48.7 Å². The first-order chi connectivity index (χ1) is 13.6. The van der Waals surface area contributed by atoms with E-state index in [1.807, 2.05) is 24.3 Å². The summed E-state index contributed by atoms with van der Waals surface area (Å²) in [6.07, 6.45) is 1.71. The van der Waals surface area contributed by atoms with E-state index in [0.717, 1.165) is 5.69 Å². The third-order valence-corrected chi connectivity index (χ3v) is 3.84. The van der Waals surface area contributed by atoms with Crippen LogP contribution in [0.2, 0.25) is 0 Å². The lowest BCUT2D eigenvalue weighted by atomic mass is 10.1. The first kappa shape index (κ1) is 19.1. The van der Waals surface area contributed by atoms with Gasteiger partial charge in [0.25, 0.3) is 5.91 Å². The molecule has 1 aromatic heterocycles. The van der Waals surface area contributed by atoms with E-state index >= 15 is 0 Å². The monoisotopic (exact) mass is 376 g/mol. The van der Waals surface area contributed by atoms with Gasteiger partial charge in [0, 0.05) is 23.5 Å². The number of aromatic nitrogens is 1. The molecule has 0 saturated carbocycles. The molecule has 0 saturated heterocycles. The number of hydrogen-bond acceptors (Lipinski definition) is 5. The molecule has 1 N–H and O–H groups in total. The SMILES string of the molecule is CC(=O)c1cccc(OCC(=O)Nc2cccc(OCc3ccccn3)c2)c1. The molecule has 1 heterocycles. The molecule has 0 fully saturated rings. The van der Waals surface area contributed by atoms with Crippen molar-refractivity contribution in [3.8, 4) is 11.5 Å². The third-order valence-electron chi connectivity index (χ3n) is 3.84. The first-order valence-electron chi connectivity index (χ1n) is 8.76. The molecule has 28 heavy (non-hydrogen) atoms. The second kappa shape index (κ2) is 9.32. The quantitative estimate of drug-likeness (QED) is 0.604. The molecular weight excluding hydrogens is 356 g/mol. The van der Waals surface area contributed by atoms with Crippen LogP contribution in [0, 0.1) is 0 Å². The number of ether oxygens (including phenoxy) is 2. The molecule has 0 aliphatic heterocycles. The zero-order chi connectivity index (χ0) is 19.8. The molecule has 3 aromatic rings. The molecule has 3 rings (SSSR count). The molecule has 0 spiro atoms. The molecule has 0 aliphatic rings. The summed E-state index contributed by atoms with van der Waals surface area (Å²) in [5.41, 5.74) is 1.96. The zero-order valence-electron chi connectivity index (χ0n) is 15.4. The van der Waals surface area contributed by atoms with Gasteiger partial charge in [0.05, 0.1) is 5.69 Å². The third kappa shape index (κ3) is 5.67. The summed E-state index contributed by atoms with van der Waals surface area (Å²) in [6.45, 7) is 1.66. The van der Waals surface area contributed by atoms with Crippen LogP contribution in [0.3, 0.4) is 0 Å². The van der Waals surface area contributed by atoms with Gasteiger partial charge in [-0.3, -0.25) is 14.6 Å². The van der Waals surface area contributed by atoms with Crippen molar-refractivity contribution < 1.29 is 19.1 Å². The van der Waals surface area contributed by atoms with Gasteiger partial charge in [-0.05, 0) is 43.3 Å². The van der Waals surface area contributed by atoms with Gasteiger partial charge < -0.3 is 14.8 Å². The van der Waals surface area contributed by atoms with E-state index in [1.165, 1.54) is 6.92 Å². The van der Waals surface area contributed by atoms with Gasteiger partial charge in [0.15, 0.2) is 12.4 Å². The molecule has 0 atom stereocenters. The topological polar surface area (TPSA) is 77.5 Å². The van der Waals surface area contributed by atoms with E-state index in [-0.39, 0.29) is 18.3 Å². The number of hydrogen-bond donors (Lipinski definition) is 1. The van der Waals surface area contributed by atoms with Gasteiger partial charge in [-0.2, -0.15) is 0 Å². The number of nitrogens with one attached hydrogen (secondary N) is 1. The van der Waals surface area contributed by atoms with Gasteiger partial charge in [-0.1, -0.05) is 24.3 Å². The number of nitrogens with zero attached hydrogens (tertiary/aromatic N) is 1. The van der Waals surface area contributed by atoms with E-state index in [0.29, 0.717) is 29.4 Å². The van der Waals surface area contributed by atoms with Crippen molar-refractivity contribution in [2.24, 2.45) is 0 Å². The smallest absolute Gasteiger partial charge is 0.262 e. The minimum Gasteiger partial charge on any atom is -0.487 e. The number of benzene rings is 2. The Morgan fingerprint density at radius 2 is 1.71 bits per heavy atom. The summed E-state index contributed by atoms with van der Waals surface area (Å²) < 4.78 is 11.2. The summed E-state index contributed by atoms with van der Waals surface area (Å²) in [6, 6.07) is 19.4. The van der Waals surface area contributed by atoms with Crippen molar-refractivity contribution >= 4 is 17.4 Å². The summed E-state index contributed by atoms with van der Waals surface area (Å²) in [5.74, 6) is 0.723. The fourth-order valence-corrected chi connectivity index (χ4v) is 2.46. The van der Waals surface area contributed by atoms with E-state index in [4.69, 9.17) is 9.47 Å². The molecule has 0 unspecified atom stereocenters. The molecule has 6 nitrogen and oxygen atoms in total. The van der Waals surface area contributed by atoms with Gasteiger partial charge >= 0.3 is 0 Å². The van der Waals surface area contributed by atoms with Crippen LogP contribution in [-0.4, -0.2) is 23.3 Å². The standard InChI is InChI=1S/C22H20N2O4/c1-16(25)17-6-4-9-20(12-17)28-15-22(26)24-18-8-5-10-21(13-18)27-14-19-7-2-3-11-23-19/h2-13H,14-15H2,1H3,(H,24,26). The van der Waals surface area contributed by atoms with E-state index in [9.17, 15) is 9.59 Å². The van der Waals surface area contributed by atoms with Crippen LogP contribution in [0.25, 0.3) is 0 Å². The van der Waals surface area contributed by atoms with E-state index in [2.05, 4.69) is 10.3 Å². The Hall–Kier alpha value is -3.67.